The molecule has 0 unspecified atom stereocenters. The molecule has 0 radical (unpaired) electrons. The number of aromatic nitrogens is 1. The maximum Gasteiger partial charge on any atom is 0.337 e. The first-order chi connectivity index (χ1) is 8.49. The molecule has 1 fully saturated rings. The Morgan fingerprint density at radius 2 is 2.17 bits per heavy atom. The quantitative estimate of drug-likeness (QED) is 0.870. The third-order valence-corrected chi connectivity index (χ3v) is 3.37. The molecule has 2 rings (SSSR count). The van der Waals surface area contributed by atoms with Crippen molar-refractivity contribution in [1.29, 1.82) is 0 Å². The minimum Gasteiger partial charge on any atom is -0.478 e. The van der Waals surface area contributed by atoms with E-state index in [1.54, 1.807) is 13.0 Å². The molecule has 4 heteroatoms. The van der Waals surface area contributed by atoms with Gasteiger partial charge in [-0.3, -0.25) is 0 Å². The minimum atomic E-state index is -0.912. The van der Waals surface area contributed by atoms with Crippen LogP contribution in [0.15, 0.2) is 12.1 Å². The molecule has 1 aliphatic rings. The standard InChI is InChI=1S/C14H20N2O2/c1-9(2)16(8-11-4-5-11)13-7-6-12(14(17)18)10(3)15-13/h6-7,9,11H,4-5,8H2,1-3H3,(H,17,18). The molecule has 0 saturated heterocycles. The zero-order valence-electron chi connectivity index (χ0n) is 11.2. The van der Waals surface area contributed by atoms with Gasteiger partial charge in [0.2, 0.25) is 0 Å². The molecule has 1 aromatic rings. The van der Waals surface area contributed by atoms with Gasteiger partial charge in [0.05, 0.1) is 11.3 Å². The van der Waals surface area contributed by atoms with Gasteiger partial charge < -0.3 is 10.0 Å². The molecule has 0 amide bonds. The summed E-state index contributed by atoms with van der Waals surface area (Å²) >= 11 is 0. The summed E-state index contributed by atoms with van der Waals surface area (Å²) in [5.74, 6) is 0.762. The highest BCUT2D eigenvalue weighted by Crippen LogP contribution is 2.32. The number of hydrogen-bond donors (Lipinski definition) is 1. The van der Waals surface area contributed by atoms with Crippen LogP contribution in [0.4, 0.5) is 5.82 Å². The highest BCUT2D eigenvalue weighted by molar-refractivity contribution is 5.89. The van der Waals surface area contributed by atoms with Gasteiger partial charge in [-0.15, -0.1) is 0 Å². The summed E-state index contributed by atoms with van der Waals surface area (Å²) in [6, 6.07) is 3.86. The van der Waals surface area contributed by atoms with E-state index in [4.69, 9.17) is 5.11 Å². The monoisotopic (exact) mass is 248 g/mol. The Morgan fingerprint density at radius 1 is 1.50 bits per heavy atom. The van der Waals surface area contributed by atoms with E-state index in [0.717, 1.165) is 18.3 Å². The number of hydrogen-bond acceptors (Lipinski definition) is 3. The number of aromatic carboxylic acids is 1. The first-order valence-corrected chi connectivity index (χ1v) is 6.46. The molecule has 1 aliphatic carbocycles. The van der Waals surface area contributed by atoms with E-state index in [1.165, 1.54) is 12.8 Å². The third-order valence-electron chi connectivity index (χ3n) is 3.37. The molecule has 4 nitrogen and oxygen atoms in total. The van der Waals surface area contributed by atoms with Crippen LogP contribution in [-0.2, 0) is 0 Å². The lowest BCUT2D eigenvalue weighted by Gasteiger charge is -2.28. The lowest BCUT2D eigenvalue weighted by atomic mass is 10.2. The predicted molar refractivity (Wildman–Crippen MR) is 71.1 cm³/mol. The Labute approximate surface area is 108 Å². The molecule has 1 N–H and O–H groups in total. The summed E-state index contributed by atoms with van der Waals surface area (Å²) in [6.07, 6.45) is 2.60. The van der Waals surface area contributed by atoms with Crippen molar-refractivity contribution < 1.29 is 9.90 Å². The van der Waals surface area contributed by atoms with Crippen LogP contribution in [-0.4, -0.2) is 28.6 Å². The normalized spacial score (nSPS) is 14.9. The zero-order valence-corrected chi connectivity index (χ0v) is 11.2. The van der Waals surface area contributed by atoms with Crippen molar-refractivity contribution >= 4 is 11.8 Å². The number of pyridine rings is 1. The summed E-state index contributed by atoms with van der Waals surface area (Å²) < 4.78 is 0. The van der Waals surface area contributed by atoms with Gasteiger partial charge in [-0.05, 0) is 51.7 Å². The predicted octanol–water partition coefficient (Wildman–Crippen LogP) is 2.71. The molecule has 98 valence electrons. The van der Waals surface area contributed by atoms with Crippen molar-refractivity contribution in [3.8, 4) is 0 Å². The zero-order chi connectivity index (χ0) is 13.3. The van der Waals surface area contributed by atoms with E-state index in [1.807, 2.05) is 6.07 Å². The molecular formula is C14H20N2O2. The van der Waals surface area contributed by atoms with Crippen molar-refractivity contribution in [3.63, 3.8) is 0 Å². The Morgan fingerprint density at radius 3 is 2.61 bits per heavy atom. The number of carboxylic acid groups (broad SMARTS) is 1. The summed E-state index contributed by atoms with van der Waals surface area (Å²) in [6.45, 7) is 7.06. The van der Waals surface area contributed by atoms with Gasteiger partial charge in [0.1, 0.15) is 5.82 Å². The Kier molecular flexibility index (Phi) is 3.55. The Bertz CT molecular complexity index is 453. The second-order valence-corrected chi connectivity index (χ2v) is 5.30. The fourth-order valence-electron chi connectivity index (χ4n) is 2.08. The second kappa shape index (κ2) is 4.96. The summed E-state index contributed by atoms with van der Waals surface area (Å²) in [7, 11) is 0. The van der Waals surface area contributed by atoms with Gasteiger partial charge in [-0.1, -0.05) is 0 Å². The summed E-state index contributed by atoms with van der Waals surface area (Å²) in [5.41, 5.74) is 0.871. The van der Waals surface area contributed by atoms with Crippen molar-refractivity contribution in [1.82, 2.24) is 4.98 Å². The number of nitrogens with zero attached hydrogens (tertiary/aromatic N) is 2. The van der Waals surface area contributed by atoms with Crippen LogP contribution >= 0.6 is 0 Å². The van der Waals surface area contributed by atoms with Crippen molar-refractivity contribution in [2.45, 2.75) is 39.7 Å². The molecule has 1 heterocycles. The van der Waals surface area contributed by atoms with E-state index in [-0.39, 0.29) is 5.56 Å². The van der Waals surface area contributed by atoms with Crippen molar-refractivity contribution in [3.05, 3.63) is 23.4 Å². The van der Waals surface area contributed by atoms with E-state index in [2.05, 4.69) is 23.7 Å². The SMILES string of the molecule is Cc1nc(N(CC2CC2)C(C)C)ccc1C(=O)O. The second-order valence-electron chi connectivity index (χ2n) is 5.30. The van der Waals surface area contributed by atoms with Crippen molar-refractivity contribution in [2.24, 2.45) is 5.92 Å². The van der Waals surface area contributed by atoms with Gasteiger partial charge in [0.25, 0.3) is 0 Å². The lowest BCUT2D eigenvalue weighted by Crippen LogP contribution is -2.33. The first kappa shape index (κ1) is 12.9. The molecule has 0 spiro atoms. The van der Waals surface area contributed by atoms with E-state index in [9.17, 15) is 4.79 Å². The lowest BCUT2D eigenvalue weighted by molar-refractivity contribution is 0.0695. The molecule has 0 aliphatic heterocycles. The fraction of sp³-hybridized carbons (Fsp3) is 0.571. The first-order valence-electron chi connectivity index (χ1n) is 6.46. The molecular weight excluding hydrogens is 228 g/mol. The summed E-state index contributed by atoms with van der Waals surface area (Å²) in [4.78, 5) is 17.7. The molecule has 1 saturated carbocycles. The number of anilines is 1. The largest absolute Gasteiger partial charge is 0.478 e. The van der Waals surface area contributed by atoms with Gasteiger partial charge in [-0.25, -0.2) is 9.78 Å². The van der Waals surface area contributed by atoms with Gasteiger partial charge in [0, 0.05) is 12.6 Å². The number of rotatable bonds is 5. The molecule has 0 aromatic carbocycles. The van der Waals surface area contributed by atoms with Crippen LogP contribution in [0.5, 0.6) is 0 Å². The average Bonchev–Trinajstić information content (AvgIpc) is 3.08. The average molecular weight is 248 g/mol. The van der Waals surface area contributed by atoms with Crippen molar-refractivity contribution in [2.75, 3.05) is 11.4 Å². The highest BCUT2D eigenvalue weighted by Gasteiger charge is 2.26. The molecule has 0 bridgehead atoms. The number of carbonyl (C=O) groups is 1. The Balaban J connectivity index is 2.24. The Hall–Kier alpha value is -1.58. The fourth-order valence-corrected chi connectivity index (χ4v) is 2.08. The highest BCUT2D eigenvalue weighted by atomic mass is 16.4. The van der Waals surface area contributed by atoms with Crippen LogP contribution in [0.25, 0.3) is 0 Å². The maximum absolute atomic E-state index is 11.0. The van der Waals surface area contributed by atoms with Crippen LogP contribution in [0.1, 0.15) is 42.7 Å². The van der Waals surface area contributed by atoms with E-state index >= 15 is 0 Å². The van der Waals surface area contributed by atoms with E-state index in [0.29, 0.717) is 11.7 Å². The topological polar surface area (TPSA) is 53.4 Å². The molecule has 0 atom stereocenters. The maximum atomic E-state index is 11.0. The van der Waals surface area contributed by atoms with Gasteiger partial charge >= 0.3 is 5.97 Å². The smallest absolute Gasteiger partial charge is 0.337 e. The van der Waals surface area contributed by atoms with Gasteiger partial charge in [0.15, 0.2) is 0 Å². The van der Waals surface area contributed by atoms with Crippen LogP contribution in [0.3, 0.4) is 0 Å². The molecule has 1 aromatic heterocycles. The molecule has 18 heavy (non-hydrogen) atoms. The number of carboxylic acids is 1. The van der Waals surface area contributed by atoms with E-state index < -0.39 is 5.97 Å². The minimum absolute atomic E-state index is 0.286. The van der Waals surface area contributed by atoms with Gasteiger partial charge in [-0.2, -0.15) is 0 Å². The van der Waals surface area contributed by atoms with Crippen LogP contribution in [0, 0.1) is 12.8 Å². The summed E-state index contributed by atoms with van der Waals surface area (Å²) in [5, 5.41) is 9.01. The van der Waals surface area contributed by atoms with Crippen LogP contribution < -0.4 is 4.90 Å². The van der Waals surface area contributed by atoms with Crippen LogP contribution in [0.2, 0.25) is 0 Å². The number of aryl methyl sites for hydroxylation is 1. The third kappa shape index (κ3) is 2.81.